The first-order valence-corrected chi connectivity index (χ1v) is 17.1. The first-order chi connectivity index (χ1) is 23.2. The minimum Gasteiger partial charge on any atom is -0.328 e. The molecule has 4 rings (SSSR count). The third-order valence-electron chi connectivity index (χ3n) is 7.68. The molecule has 4 N–H and O–H groups in total. The van der Waals surface area contributed by atoms with Crippen molar-refractivity contribution in [1.29, 1.82) is 0 Å². The van der Waals surface area contributed by atoms with Gasteiger partial charge in [-0.3, -0.25) is 4.90 Å². The average Bonchev–Trinajstić information content (AvgIpc) is 3.10. The minimum atomic E-state index is 0.266. The lowest BCUT2D eigenvalue weighted by Crippen LogP contribution is -2.31. The Morgan fingerprint density at radius 1 is 0.583 bits per heavy atom. The standard InChI is InChI=1S/C13H17N.C12H15N.C10H15N.C9H13N/c1-4-10-14(3)12(2)11-13-8-6-5-7-9-13;1-3-9-13-11(2)10-12-7-5-4-6-8-12;1-9(11-2)8-10-6-4-3-5-7-10;1-8(10)7-9-5-3-2-4-6-9/h1,5-9,12H,10-11H2,2-3H3;1,4-8,11,13H,9-10H2,2H3;3-7,9,11H,8H2,1-2H3;2-6,8H,7,10H2,1H3/t12-;11-;;/m00../s1. The van der Waals surface area contributed by atoms with E-state index in [9.17, 15) is 0 Å². The van der Waals surface area contributed by atoms with E-state index < -0.39 is 0 Å². The zero-order valence-electron chi connectivity index (χ0n) is 30.3. The average molecular weight is 645 g/mol. The summed E-state index contributed by atoms with van der Waals surface area (Å²) in [6, 6.07) is 43.5. The van der Waals surface area contributed by atoms with Crippen molar-refractivity contribution in [3.8, 4) is 24.7 Å². The van der Waals surface area contributed by atoms with E-state index in [0.717, 1.165) is 25.7 Å². The topological polar surface area (TPSA) is 53.3 Å². The Morgan fingerprint density at radius 3 is 1.31 bits per heavy atom. The third kappa shape index (κ3) is 21.6. The Hall–Kier alpha value is -4.16. The SMILES string of the molecule is C#CCN(C)[C@@H](C)Cc1ccccc1.C#CCN[C@@H](C)Cc1ccccc1.CC(N)Cc1ccccc1.CNC(C)Cc1ccccc1. The van der Waals surface area contributed by atoms with E-state index in [0.29, 0.717) is 31.2 Å². The summed E-state index contributed by atoms with van der Waals surface area (Å²) in [7, 11) is 4.06. The van der Waals surface area contributed by atoms with Gasteiger partial charge >= 0.3 is 0 Å². The molecule has 48 heavy (non-hydrogen) atoms. The van der Waals surface area contributed by atoms with Crippen molar-refractivity contribution in [2.75, 3.05) is 27.2 Å². The highest BCUT2D eigenvalue weighted by Gasteiger charge is 2.08. The number of likely N-dealkylation sites (N-methyl/N-ethyl adjacent to an activating group) is 2. The summed E-state index contributed by atoms with van der Waals surface area (Å²) in [4.78, 5) is 2.19. The summed E-state index contributed by atoms with van der Waals surface area (Å²) >= 11 is 0. The fraction of sp³-hybridized carbons (Fsp3) is 0.364. The van der Waals surface area contributed by atoms with Crippen LogP contribution in [-0.4, -0.2) is 56.3 Å². The monoisotopic (exact) mass is 644 g/mol. The predicted octanol–water partition coefficient (Wildman–Crippen LogP) is 7.44. The highest BCUT2D eigenvalue weighted by atomic mass is 15.1. The number of benzene rings is 4. The van der Waals surface area contributed by atoms with Crippen molar-refractivity contribution in [1.82, 2.24) is 15.5 Å². The van der Waals surface area contributed by atoms with E-state index in [1.807, 2.05) is 50.4 Å². The predicted molar refractivity (Wildman–Crippen MR) is 210 cm³/mol. The van der Waals surface area contributed by atoms with Gasteiger partial charge in [0.15, 0.2) is 0 Å². The molecule has 0 bridgehead atoms. The number of terminal acetylenes is 2. The first kappa shape index (κ1) is 41.9. The Balaban J connectivity index is 0.000000322. The van der Waals surface area contributed by atoms with Crippen LogP contribution in [0.2, 0.25) is 0 Å². The van der Waals surface area contributed by atoms with Gasteiger partial charge in [-0.15, -0.1) is 12.8 Å². The van der Waals surface area contributed by atoms with E-state index in [4.69, 9.17) is 18.6 Å². The molecule has 0 radical (unpaired) electrons. The molecule has 2 unspecified atom stereocenters. The van der Waals surface area contributed by atoms with E-state index in [2.05, 4.69) is 140 Å². The van der Waals surface area contributed by atoms with Crippen molar-refractivity contribution in [2.45, 2.75) is 77.5 Å². The summed E-state index contributed by atoms with van der Waals surface area (Å²) in [5.74, 6) is 5.23. The molecular weight excluding hydrogens is 585 g/mol. The lowest BCUT2D eigenvalue weighted by molar-refractivity contribution is 0.287. The molecule has 4 aromatic carbocycles. The molecule has 0 aromatic heterocycles. The third-order valence-corrected chi connectivity index (χ3v) is 7.68. The normalized spacial score (nSPS) is 12.5. The Morgan fingerprint density at radius 2 is 0.958 bits per heavy atom. The molecule has 4 nitrogen and oxygen atoms in total. The number of rotatable bonds is 13. The van der Waals surface area contributed by atoms with E-state index in [1.54, 1.807) is 0 Å². The smallest absolute Gasteiger partial charge is 0.0598 e. The van der Waals surface area contributed by atoms with Crippen LogP contribution in [0.4, 0.5) is 0 Å². The molecule has 0 spiro atoms. The Kier molecular flexibility index (Phi) is 23.4. The quantitative estimate of drug-likeness (QED) is 0.133. The van der Waals surface area contributed by atoms with Gasteiger partial charge in [-0.2, -0.15) is 0 Å². The van der Waals surface area contributed by atoms with Crippen LogP contribution in [-0.2, 0) is 25.7 Å². The number of nitrogens with two attached hydrogens (primary N) is 1. The van der Waals surface area contributed by atoms with E-state index in [1.165, 1.54) is 22.3 Å². The maximum atomic E-state index is 5.62. The molecule has 4 atom stereocenters. The van der Waals surface area contributed by atoms with Crippen molar-refractivity contribution in [3.63, 3.8) is 0 Å². The molecule has 256 valence electrons. The van der Waals surface area contributed by atoms with Gasteiger partial charge in [0, 0.05) is 24.2 Å². The molecule has 0 aliphatic heterocycles. The molecule has 4 aromatic rings. The number of nitrogens with one attached hydrogen (secondary N) is 2. The lowest BCUT2D eigenvalue weighted by atomic mass is 10.1. The zero-order valence-corrected chi connectivity index (χ0v) is 30.3. The molecule has 0 fully saturated rings. The summed E-state index contributed by atoms with van der Waals surface area (Å²) in [6.45, 7) is 9.91. The largest absolute Gasteiger partial charge is 0.328 e. The Labute approximate surface area is 293 Å². The molecule has 4 heteroatoms. The van der Waals surface area contributed by atoms with Gasteiger partial charge in [0.1, 0.15) is 0 Å². The summed E-state index contributed by atoms with van der Waals surface area (Å²) < 4.78 is 0. The van der Waals surface area contributed by atoms with Crippen molar-refractivity contribution >= 4 is 0 Å². The van der Waals surface area contributed by atoms with Crippen LogP contribution in [0.5, 0.6) is 0 Å². The molecule has 0 amide bonds. The second-order valence-electron chi connectivity index (χ2n) is 12.4. The fourth-order valence-electron chi connectivity index (χ4n) is 4.74. The van der Waals surface area contributed by atoms with Crippen molar-refractivity contribution in [2.24, 2.45) is 5.73 Å². The molecule has 0 saturated heterocycles. The number of hydrogen-bond acceptors (Lipinski definition) is 4. The van der Waals surface area contributed by atoms with E-state index in [-0.39, 0.29) is 6.04 Å². The summed E-state index contributed by atoms with van der Waals surface area (Å²) in [6.07, 6.45) is 14.6. The van der Waals surface area contributed by atoms with Crippen molar-refractivity contribution < 1.29 is 0 Å². The van der Waals surface area contributed by atoms with Crippen LogP contribution in [0.15, 0.2) is 121 Å². The van der Waals surface area contributed by atoms with Crippen molar-refractivity contribution in [3.05, 3.63) is 144 Å². The number of hydrogen-bond donors (Lipinski definition) is 3. The van der Waals surface area contributed by atoms with Gasteiger partial charge in [-0.25, -0.2) is 0 Å². The van der Waals surface area contributed by atoms with Crippen LogP contribution >= 0.6 is 0 Å². The van der Waals surface area contributed by atoms with Crippen LogP contribution in [0.25, 0.3) is 0 Å². The molecule has 0 heterocycles. The number of nitrogens with zero attached hydrogens (tertiary/aromatic N) is 1. The zero-order chi connectivity index (χ0) is 35.4. The van der Waals surface area contributed by atoms with Gasteiger partial charge in [-0.1, -0.05) is 133 Å². The van der Waals surface area contributed by atoms with Crippen LogP contribution < -0.4 is 16.4 Å². The Bertz CT molecular complexity index is 1380. The van der Waals surface area contributed by atoms with Crippen LogP contribution in [0.3, 0.4) is 0 Å². The fourth-order valence-corrected chi connectivity index (χ4v) is 4.74. The van der Waals surface area contributed by atoms with Crippen LogP contribution in [0.1, 0.15) is 49.9 Å². The molecule has 0 aliphatic rings. The maximum Gasteiger partial charge on any atom is 0.0598 e. The highest BCUT2D eigenvalue weighted by Crippen LogP contribution is 2.07. The minimum absolute atomic E-state index is 0.266. The molecular formula is C44H60N4. The van der Waals surface area contributed by atoms with E-state index >= 15 is 0 Å². The molecule has 0 aliphatic carbocycles. The summed E-state index contributed by atoms with van der Waals surface area (Å²) in [5.41, 5.74) is 11.1. The van der Waals surface area contributed by atoms with Gasteiger partial charge in [-0.05, 0) is 89.7 Å². The van der Waals surface area contributed by atoms with Gasteiger partial charge < -0.3 is 16.4 Å². The second kappa shape index (κ2) is 26.9. The first-order valence-electron chi connectivity index (χ1n) is 17.1. The molecule has 0 saturated carbocycles. The second-order valence-corrected chi connectivity index (χ2v) is 12.4. The van der Waals surface area contributed by atoms with Crippen LogP contribution in [0, 0.1) is 24.7 Å². The van der Waals surface area contributed by atoms with Gasteiger partial charge in [0.25, 0.3) is 0 Å². The summed E-state index contributed by atoms with van der Waals surface area (Å²) in [5, 5.41) is 6.46. The van der Waals surface area contributed by atoms with Gasteiger partial charge in [0.05, 0.1) is 13.1 Å². The highest BCUT2D eigenvalue weighted by molar-refractivity contribution is 5.18. The lowest BCUT2D eigenvalue weighted by Gasteiger charge is -2.22. The maximum absolute atomic E-state index is 5.62. The van der Waals surface area contributed by atoms with Gasteiger partial charge in [0.2, 0.25) is 0 Å².